The van der Waals surface area contributed by atoms with E-state index in [1.807, 2.05) is 18.2 Å². The predicted octanol–water partition coefficient (Wildman–Crippen LogP) is 8.12. The second-order valence-electron chi connectivity index (χ2n) is 6.86. The molecule has 0 rings (SSSR count). The van der Waals surface area contributed by atoms with Crippen molar-refractivity contribution in [3.05, 3.63) is 60.8 Å². The fourth-order valence-corrected chi connectivity index (χ4v) is 3.79. The zero-order valence-electron chi connectivity index (χ0n) is 17.9. The zero-order chi connectivity index (χ0) is 20.9. The molecule has 2 nitrogen and oxygen atoms in total. The molecule has 0 aromatic heterocycles. The van der Waals surface area contributed by atoms with Crippen molar-refractivity contribution in [1.82, 2.24) is 0 Å². The molecule has 0 aliphatic rings. The minimum absolute atomic E-state index is 0.0134. The van der Waals surface area contributed by atoms with E-state index in [-0.39, 0.29) is 12.2 Å². The lowest BCUT2D eigenvalue weighted by Gasteiger charge is -2.22. The normalized spacial score (nSPS) is 16.8. The average molecular weight is 443 g/mol. The van der Waals surface area contributed by atoms with Gasteiger partial charge in [0.05, 0.1) is 6.10 Å². The molecule has 0 fully saturated rings. The van der Waals surface area contributed by atoms with Crippen LogP contribution in [0.2, 0.25) is 0 Å². The molecule has 0 amide bonds. The van der Waals surface area contributed by atoms with E-state index in [0.29, 0.717) is 14.4 Å². The predicted molar refractivity (Wildman–Crippen MR) is 136 cm³/mol. The van der Waals surface area contributed by atoms with Crippen molar-refractivity contribution in [2.75, 3.05) is 0 Å². The highest BCUT2D eigenvalue weighted by atomic mass is 32.0. The van der Waals surface area contributed by atoms with E-state index in [1.54, 1.807) is 0 Å². The molecule has 6 unspecified atom stereocenters. The average Bonchev–Trinajstić information content (AvgIpc) is 2.69. The van der Waals surface area contributed by atoms with Gasteiger partial charge in [-0.15, -0.1) is 0 Å². The van der Waals surface area contributed by atoms with Crippen molar-refractivity contribution in [1.29, 1.82) is 0 Å². The van der Waals surface area contributed by atoms with E-state index in [4.69, 9.17) is 9.05 Å². The van der Waals surface area contributed by atoms with E-state index in [1.165, 1.54) is 25.7 Å². The van der Waals surface area contributed by atoms with Gasteiger partial charge in [0.15, 0.2) is 0 Å². The topological polar surface area (TPSA) is 18.5 Å². The molecule has 0 N–H and O–H groups in total. The van der Waals surface area contributed by atoms with Crippen LogP contribution in [-0.2, 0) is 9.05 Å². The molecule has 5 heteroatoms. The number of unbranched alkanes of at least 4 members (excludes halogenated alkanes) is 3. The number of allylic oxidation sites excluding steroid dienone is 9. The first kappa shape index (κ1) is 27.9. The van der Waals surface area contributed by atoms with Gasteiger partial charge in [0.1, 0.15) is 6.10 Å². The van der Waals surface area contributed by atoms with Crippen LogP contribution in [0.15, 0.2) is 60.8 Å². The van der Waals surface area contributed by atoms with E-state index >= 15 is 0 Å². The van der Waals surface area contributed by atoms with Crippen molar-refractivity contribution in [2.24, 2.45) is 5.92 Å². The van der Waals surface area contributed by atoms with Crippen LogP contribution in [0.4, 0.5) is 0 Å². The van der Waals surface area contributed by atoms with Gasteiger partial charge in [-0.25, -0.2) is 0 Å². The zero-order valence-corrected chi connectivity index (χ0v) is 21.2. The summed E-state index contributed by atoms with van der Waals surface area (Å²) in [5.41, 5.74) is 0. The summed E-state index contributed by atoms with van der Waals surface area (Å²) in [5.74, 6) is 0.572. The van der Waals surface area contributed by atoms with Gasteiger partial charge in [0, 0.05) is 18.0 Å². The molecule has 0 bridgehead atoms. The van der Waals surface area contributed by atoms with Gasteiger partial charge in [-0.1, -0.05) is 116 Å². The largest absolute Gasteiger partial charge is 0.359 e. The third kappa shape index (κ3) is 16.8. The van der Waals surface area contributed by atoms with Gasteiger partial charge in [-0.3, -0.25) is 0 Å². The maximum absolute atomic E-state index is 5.86. The summed E-state index contributed by atoms with van der Waals surface area (Å²) >= 11 is 0. The lowest BCUT2D eigenvalue weighted by atomic mass is 10.0. The summed E-state index contributed by atoms with van der Waals surface area (Å²) in [6.07, 6.45) is 29.5. The highest BCUT2D eigenvalue weighted by molar-refractivity contribution is 8.00. The summed E-state index contributed by atoms with van der Waals surface area (Å²) in [6.45, 7) is 6.64. The fraction of sp³-hybridized carbons (Fsp3) is 0.565. The summed E-state index contributed by atoms with van der Waals surface area (Å²) < 4.78 is 11.5. The minimum Gasteiger partial charge on any atom is -0.359 e. The molecule has 0 aliphatic carbocycles. The van der Waals surface area contributed by atoms with Crippen LogP contribution in [0.1, 0.15) is 65.7 Å². The van der Waals surface area contributed by atoms with Crippen molar-refractivity contribution in [3.63, 3.8) is 0 Å². The summed E-state index contributed by atoms with van der Waals surface area (Å²) in [6, 6.07) is 0. The number of hydrogen-bond donors (Lipinski definition) is 0. The van der Waals surface area contributed by atoms with Gasteiger partial charge in [0.25, 0.3) is 0 Å². The maximum Gasteiger partial charge on any atom is 0.107 e. The van der Waals surface area contributed by atoms with Crippen molar-refractivity contribution in [3.8, 4) is 0 Å². The minimum atomic E-state index is -0.0134. The van der Waals surface area contributed by atoms with Crippen LogP contribution >= 0.6 is 26.9 Å². The van der Waals surface area contributed by atoms with Gasteiger partial charge in [-0.05, 0) is 25.2 Å². The molecule has 28 heavy (non-hydrogen) atoms. The van der Waals surface area contributed by atoms with E-state index in [2.05, 4.69) is 81.7 Å². The van der Waals surface area contributed by atoms with Crippen molar-refractivity contribution < 1.29 is 9.05 Å². The van der Waals surface area contributed by atoms with Crippen LogP contribution in [-0.4, -0.2) is 12.2 Å². The first-order valence-corrected chi connectivity index (χ1v) is 13.7. The standard InChI is InChI=1S/C23H41O2P3/c1-4-6-8-15-19-22(24-26)23(25-28-27)20-16-12-10-9-11-14-18-21(3)17-13-7-5-2/h7,9-14,16,18,20-23,28H,4-6,8,15,17,19,26-27H2,1-3H3. The molecule has 0 aromatic rings. The maximum atomic E-state index is 5.86. The SMILES string of the molecule is CCC=CCC(C)C=CC=CC=CC=CC(OPP)C(CCCCCC)OP. The summed E-state index contributed by atoms with van der Waals surface area (Å²) in [5, 5.41) is 0. The molecular formula is C23H41O2P3. The Labute approximate surface area is 180 Å². The highest BCUT2D eigenvalue weighted by Gasteiger charge is 2.18. The van der Waals surface area contributed by atoms with E-state index in [9.17, 15) is 0 Å². The lowest BCUT2D eigenvalue weighted by molar-refractivity contribution is 0.104. The van der Waals surface area contributed by atoms with Crippen LogP contribution in [0.5, 0.6) is 0 Å². The third-order valence-corrected chi connectivity index (χ3v) is 5.46. The summed E-state index contributed by atoms with van der Waals surface area (Å²) in [4.78, 5) is 0. The first-order valence-electron chi connectivity index (χ1n) is 10.5. The molecule has 0 aromatic carbocycles. The lowest BCUT2D eigenvalue weighted by Crippen LogP contribution is -2.25. The number of hydrogen-bond acceptors (Lipinski definition) is 2. The monoisotopic (exact) mass is 442 g/mol. The molecule has 0 aliphatic heterocycles. The highest BCUT2D eigenvalue weighted by Crippen LogP contribution is 2.28. The van der Waals surface area contributed by atoms with Gasteiger partial charge < -0.3 is 9.05 Å². The Hall–Kier alpha value is -0.0900. The Bertz CT molecular complexity index is 484. The Kier molecular flexibility index (Phi) is 21.5. The Morgan fingerprint density at radius 3 is 2.18 bits per heavy atom. The van der Waals surface area contributed by atoms with Crippen LogP contribution in [0.25, 0.3) is 0 Å². The summed E-state index contributed by atoms with van der Waals surface area (Å²) in [7, 11) is 5.43. The smallest absolute Gasteiger partial charge is 0.107 e. The molecule has 0 saturated carbocycles. The molecule has 160 valence electrons. The fourth-order valence-electron chi connectivity index (χ4n) is 2.64. The quantitative estimate of drug-likeness (QED) is 0.0980. The molecule has 0 spiro atoms. The van der Waals surface area contributed by atoms with E-state index < -0.39 is 0 Å². The molecular weight excluding hydrogens is 401 g/mol. The Morgan fingerprint density at radius 2 is 1.57 bits per heavy atom. The molecule has 0 saturated heterocycles. The molecule has 6 atom stereocenters. The van der Waals surface area contributed by atoms with E-state index in [0.717, 1.165) is 19.3 Å². The second kappa shape index (κ2) is 21.6. The van der Waals surface area contributed by atoms with Crippen LogP contribution < -0.4 is 0 Å². The van der Waals surface area contributed by atoms with Crippen LogP contribution in [0, 0.1) is 5.92 Å². The first-order chi connectivity index (χ1) is 13.7. The Balaban J connectivity index is 4.40. The third-order valence-electron chi connectivity index (χ3n) is 4.29. The molecule has 0 radical (unpaired) electrons. The van der Waals surface area contributed by atoms with Crippen molar-refractivity contribution in [2.45, 2.75) is 77.9 Å². The number of rotatable bonds is 17. The van der Waals surface area contributed by atoms with Gasteiger partial charge in [-0.2, -0.15) is 0 Å². The molecule has 0 heterocycles. The Morgan fingerprint density at radius 1 is 0.893 bits per heavy atom. The van der Waals surface area contributed by atoms with Gasteiger partial charge >= 0.3 is 0 Å². The van der Waals surface area contributed by atoms with Gasteiger partial charge in [0.2, 0.25) is 0 Å². The van der Waals surface area contributed by atoms with Crippen molar-refractivity contribution >= 4 is 26.9 Å². The van der Waals surface area contributed by atoms with Crippen LogP contribution in [0.3, 0.4) is 0 Å². The second-order valence-corrected chi connectivity index (χ2v) is 8.31.